The minimum absolute atomic E-state index is 0.0587. The SMILES string of the molecule is CCC1(OC(F)(F)F)C=CC(c2ccccc2F)=CC1. The van der Waals surface area contributed by atoms with Gasteiger partial charge < -0.3 is 0 Å². The van der Waals surface area contributed by atoms with E-state index in [1.165, 1.54) is 18.2 Å². The molecule has 0 bridgehead atoms. The van der Waals surface area contributed by atoms with Crippen LogP contribution in [0.3, 0.4) is 0 Å². The first-order valence-electron chi connectivity index (χ1n) is 6.26. The van der Waals surface area contributed by atoms with Crippen molar-refractivity contribution in [3.05, 3.63) is 53.9 Å². The van der Waals surface area contributed by atoms with Gasteiger partial charge in [0.2, 0.25) is 0 Å². The molecule has 0 N–H and O–H groups in total. The smallest absolute Gasteiger partial charge is 0.281 e. The van der Waals surface area contributed by atoms with Gasteiger partial charge in [-0.1, -0.05) is 43.4 Å². The Hall–Kier alpha value is -1.62. The summed E-state index contributed by atoms with van der Waals surface area (Å²) in [6.45, 7) is 1.62. The van der Waals surface area contributed by atoms with Gasteiger partial charge in [0.15, 0.2) is 0 Å². The van der Waals surface area contributed by atoms with Gasteiger partial charge in [-0.2, -0.15) is 0 Å². The second-order valence-corrected chi connectivity index (χ2v) is 4.64. The predicted molar refractivity (Wildman–Crippen MR) is 68.3 cm³/mol. The first-order valence-corrected chi connectivity index (χ1v) is 6.26. The van der Waals surface area contributed by atoms with Crippen molar-refractivity contribution in [1.29, 1.82) is 0 Å². The van der Waals surface area contributed by atoms with E-state index in [2.05, 4.69) is 4.74 Å². The lowest BCUT2D eigenvalue weighted by molar-refractivity contribution is -0.358. The fourth-order valence-corrected chi connectivity index (χ4v) is 2.20. The Morgan fingerprint density at radius 1 is 1.25 bits per heavy atom. The first kappa shape index (κ1) is 14.8. The molecule has 0 fully saturated rings. The van der Waals surface area contributed by atoms with Crippen LogP contribution in [0.15, 0.2) is 42.5 Å². The molecule has 1 unspecified atom stereocenters. The third-order valence-corrected chi connectivity index (χ3v) is 3.34. The van der Waals surface area contributed by atoms with Crippen LogP contribution in [-0.2, 0) is 4.74 Å². The van der Waals surface area contributed by atoms with E-state index in [1.54, 1.807) is 31.2 Å². The summed E-state index contributed by atoms with van der Waals surface area (Å²) in [5.41, 5.74) is -0.453. The summed E-state index contributed by atoms with van der Waals surface area (Å²) in [5.74, 6) is -0.399. The monoisotopic (exact) mass is 286 g/mol. The molecule has 0 saturated heterocycles. The van der Waals surface area contributed by atoms with Crippen LogP contribution >= 0.6 is 0 Å². The van der Waals surface area contributed by atoms with Gasteiger partial charge >= 0.3 is 6.36 Å². The van der Waals surface area contributed by atoms with Gasteiger partial charge in [0.05, 0.1) is 5.60 Å². The normalized spacial score (nSPS) is 22.8. The molecule has 0 spiro atoms. The number of ether oxygens (including phenoxy) is 1. The Kier molecular flexibility index (Phi) is 3.99. The van der Waals surface area contributed by atoms with Crippen LogP contribution in [0.2, 0.25) is 0 Å². The average molecular weight is 286 g/mol. The zero-order chi connectivity index (χ0) is 14.8. The van der Waals surface area contributed by atoms with Gasteiger partial charge in [0.1, 0.15) is 5.82 Å². The molecule has 0 aliphatic heterocycles. The highest BCUT2D eigenvalue weighted by Crippen LogP contribution is 2.37. The number of hydrogen-bond acceptors (Lipinski definition) is 1. The molecule has 20 heavy (non-hydrogen) atoms. The topological polar surface area (TPSA) is 9.23 Å². The van der Waals surface area contributed by atoms with Crippen LogP contribution in [0.25, 0.3) is 5.57 Å². The maximum atomic E-state index is 13.6. The van der Waals surface area contributed by atoms with Crippen molar-refractivity contribution in [3.63, 3.8) is 0 Å². The van der Waals surface area contributed by atoms with Crippen molar-refractivity contribution in [2.45, 2.75) is 31.7 Å². The second kappa shape index (κ2) is 5.40. The third kappa shape index (κ3) is 3.28. The van der Waals surface area contributed by atoms with Gasteiger partial charge in [0.25, 0.3) is 0 Å². The lowest BCUT2D eigenvalue weighted by Crippen LogP contribution is -2.36. The van der Waals surface area contributed by atoms with Crippen molar-refractivity contribution in [1.82, 2.24) is 0 Å². The predicted octanol–water partition coefficient (Wildman–Crippen LogP) is 4.85. The lowest BCUT2D eigenvalue weighted by Gasteiger charge is -2.32. The van der Waals surface area contributed by atoms with E-state index in [0.29, 0.717) is 11.1 Å². The summed E-state index contributed by atoms with van der Waals surface area (Å²) in [6.07, 6.45) is -0.0238. The quantitative estimate of drug-likeness (QED) is 0.721. The van der Waals surface area contributed by atoms with Crippen LogP contribution in [-0.4, -0.2) is 12.0 Å². The summed E-state index contributed by atoms with van der Waals surface area (Å²) in [4.78, 5) is 0. The van der Waals surface area contributed by atoms with E-state index < -0.39 is 17.8 Å². The van der Waals surface area contributed by atoms with Crippen molar-refractivity contribution in [3.8, 4) is 0 Å². The lowest BCUT2D eigenvalue weighted by atomic mass is 9.87. The van der Waals surface area contributed by atoms with E-state index >= 15 is 0 Å². The molecule has 1 aliphatic carbocycles. The maximum Gasteiger partial charge on any atom is 0.523 e. The Labute approximate surface area is 114 Å². The van der Waals surface area contributed by atoms with Gasteiger partial charge in [0, 0.05) is 5.56 Å². The standard InChI is InChI=1S/C15H14F4O/c1-2-14(20-15(17,18)19)9-7-11(8-10-14)12-5-3-4-6-13(12)16/h3-9H,2,10H2,1H3. The van der Waals surface area contributed by atoms with E-state index in [1.807, 2.05) is 0 Å². The molecular formula is C15H14F4O. The Morgan fingerprint density at radius 3 is 2.45 bits per heavy atom. The molecule has 1 aromatic rings. The van der Waals surface area contributed by atoms with E-state index in [9.17, 15) is 17.6 Å². The fourth-order valence-electron chi connectivity index (χ4n) is 2.20. The van der Waals surface area contributed by atoms with Crippen LogP contribution < -0.4 is 0 Å². The van der Waals surface area contributed by atoms with E-state index in [-0.39, 0.29) is 12.8 Å². The number of alkyl halides is 3. The number of halogens is 4. The number of allylic oxidation sites excluding steroid dienone is 2. The van der Waals surface area contributed by atoms with Crippen LogP contribution in [0.4, 0.5) is 17.6 Å². The molecule has 108 valence electrons. The molecule has 0 aromatic heterocycles. The Bertz CT molecular complexity index is 545. The third-order valence-electron chi connectivity index (χ3n) is 3.34. The molecule has 1 atom stereocenters. The fraction of sp³-hybridized carbons (Fsp3) is 0.333. The molecule has 0 radical (unpaired) electrons. The number of hydrogen-bond donors (Lipinski definition) is 0. The van der Waals surface area contributed by atoms with Crippen LogP contribution in [0, 0.1) is 5.82 Å². The molecule has 5 heteroatoms. The van der Waals surface area contributed by atoms with Gasteiger partial charge in [-0.05, 0) is 24.5 Å². The van der Waals surface area contributed by atoms with Gasteiger partial charge in [-0.3, -0.25) is 4.74 Å². The summed E-state index contributed by atoms with van der Waals surface area (Å²) in [5, 5.41) is 0. The van der Waals surface area contributed by atoms with Gasteiger partial charge in [-0.15, -0.1) is 13.2 Å². The summed E-state index contributed by atoms with van der Waals surface area (Å²) in [7, 11) is 0. The van der Waals surface area contributed by atoms with Crippen LogP contribution in [0.5, 0.6) is 0 Å². The molecule has 1 aliphatic rings. The zero-order valence-corrected chi connectivity index (χ0v) is 10.9. The molecule has 1 nitrogen and oxygen atoms in total. The maximum absolute atomic E-state index is 13.6. The van der Waals surface area contributed by atoms with Crippen molar-refractivity contribution >= 4 is 5.57 Å². The molecule has 0 heterocycles. The summed E-state index contributed by atoms with van der Waals surface area (Å²) < 4.78 is 55.1. The minimum atomic E-state index is -4.69. The number of rotatable bonds is 3. The molecule has 1 aromatic carbocycles. The van der Waals surface area contributed by atoms with Crippen LogP contribution in [0.1, 0.15) is 25.3 Å². The van der Waals surface area contributed by atoms with Crippen molar-refractivity contribution in [2.24, 2.45) is 0 Å². The highest BCUT2D eigenvalue weighted by atomic mass is 19.4. The highest BCUT2D eigenvalue weighted by Gasteiger charge is 2.41. The number of benzene rings is 1. The highest BCUT2D eigenvalue weighted by molar-refractivity contribution is 5.75. The Morgan fingerprint density at radius 2 is 1.95 bits per heavy atom. The van der Waals surface area contributed by atoms with Gasteiger partial charge in [-0.25, -0.2) is 4.39 Å². The molecule has 0 saturated carbocycles. The zero-order valence-electron chi connectivity index (χ0n) is 10.9. The molecule has 0 amide bonds. The Balaban J connectivity index is 2.22. The second-order valence-electron chi connectivity index (χ2n) is 4.64. The molecule has 2 rings (SSSR count). The van der Waals surface area contributed by atoms with E-state index in [4.69, 9.17) is 0 Å². The first-order chi connectivity index (χ1) is 9.35. The van der Waals surface area contributed by atoms with Crippen molar-refractivity contribution < 1.29 is 22.3 Å². The average Bonchev–Trinajstić information content (AvgIpc) is 2.39. The minimum Gasteiger partial charge on any atom is -0.281 e. The summed E-state index contributed by atoms with van der Waals surface area (Å²) in [6, 6.07) is 6.16. The summed E-state index contributed by atoms with van der Waals surface area (Å²) >= 11 is 0. The largest absolute Gasteiger partial charge is 0.523 e. The van der Waals surface area contributed by atoms with E-state index in [0.717, 1.165) is 0 Å². The van der Waals surface area contributed by atoms with Crippen molar-refractivity contribution in [2.75, 3.05) is 0 Å². The molecular weight excluding hydrogens is 272 g/mol.